The van der Waals surface area contributed by atoms with E-state index < -0.39 is 0 Å². The molecule has 1 saturated heterocycles. The van der Waals surface area contributed by atoms with Gasteiger partial charge in [0.15, 0.2) is 0 Å². The van der Waals surface area contributed by atoms with E-state index in [0.717, 1.165) is 36.2 Å². The highest BCUT2D eigenvalue weighted by atomic mass is 79.9. The maximum atomic E-state index is 12.5. The molecule has 6 nitrogen and oxygen atoms in total. The van der Waals surface area contributed by atoms with Gasteiger partial charge in [0, 0.05) is 30.0 Å². The molecule has 2 aromatic rings. The van der Waals surface area contributed by atoms with Crippen LogP contribution in [0, 0.1) is 18.4 Å². The molecule has 1 saturated carbocycles. The second-order valence-electron chi connectivity index (χ2n) is 6.74. The summed E-state index contributed by atoms with van der Waals surface area (Å²) in [5, 5.41) is 0. The Bertz CT molecular complexity index is 854. The largest absolute Gasteiger partial charge is 0.490 e. The molecule has 4 rings (SSSR count). The van der Waals surface area contributed by atoms with Gasteiger partial charge in [-0.2, -0.15) is 0 Å². The lowest BCUT2D eigenvalue weighted by Crippen LogP contribution is -2.32. The van der Waals surface area contributed by atoms with E-state index in [1.807, 2.05) is 17.0 Å². The monoisotopic (exact) mass is 412 g/mol. The first-order chi connectivity index (χ1) is 12.6. The maximum Gasteiger partial charge on any atom is 0.291 e. The minimum absolute atomic E-state index is 0.0869. The summed E-state index contributed by atoms with van der Waals surface area (Å²) < 4.78 is 6.86. The van der Waals surface area contributed by atoms with E-state index >= 15 is 0 Å². The quantitative estimate of drug-likeness (QED) is 0.720. The number of amides is 1. The number of halogens is 1. The van der Waals surface area contributed by atoms with Crippen LogP contribution in [0.1, 0.15) is 23.5 Å². The number of likely N-dealkylation sites (tertiary alicyclic amines) is 1. The maximum absolute atomic E-state index is 12.5. The van der Waals surface area contributed by atoms with Crippen LogP contribution in [0.3, 0.4) is 0 Å². The number of benzene rings is 1. The van der Waals surface area contributed by atoms with Crippen LogP contribution in [0.15, 0.2) is 41.1 Å². The fourth-order valence-corrected chi connectivity index (χ4v) is 4.35. The van der Waals surface area contributed by atoms with E-state index in [-0.39, 0.29) is 17.8 Å². The molecule has 26 heavy (non-hydrogen) atoms. The molecule has 2 aliphatic rings. The van der Waals surface area contributed by atoms with E-state index in [2.05, 4.69) is 30.7 Å². The highest BCUT2D eigenvalue weighted by Crippen LogP contribution is 2.40. The molecule has 132 valence electrons. The fraction of sp³-hybridized carbons (Fsp3) is 0.368. The van der Waals surface area contributed by atoms with Crippen molar-refractivity contribution in [3.63, 3.8) is 0 Å². The van der Waals surface area contributed by atoms with Crippen LogP contribution >= 0.6 is 15.9 Å². The molecule has 2 atom stereocenters. The van der Waals surface area contributed by atoms with E-state index in [1.54, 1.807) is 24.5 Å². The van der Waals surface area contributed by atoms with E-state index in [1.165, 1.54) is 0 Å². The summed E-state index contributed by atoms with van der Waals surface area (Å²) >= 11 is 3.40. The van der Waals surface area contributed by atoms with Gasteiger partial charge in [0.2, 0.25) is 11.5 Å². The summed E-state index contributed by atoms with van der Waals surface area (Å²) in [5.41, 5.74) is 0.581. The smallest absolute Gasteiger partial charge is 0.291 e. The van der Waals surface area contributed by atoms with Crippen LogP contribution in [-0.4, -0.2) is 40.0 Å². The molecule has 1 aromatic carbocycles. The minimum Gasteiger partial charge on any atom is -0.490 e. The lowest BCUT2D eigenvalue weighted by Gasteiger charge is -2.19. The van der Waals surface area contributed by atoms with Crippen molar-refractivity contribution in [2.75, 3.05) is 13.1 Å². The van der Waals surface area contributed by atoms with Crippen LogP contribution in [0.4, 0.5) is 5.69 Å². The molecule has 1 aromatic heterocycles. The molecule has 0 spiro atoms. The van der Waals surface area contributed by atoms with Crippen molar-refractivity contribution in [3.8, 4) is 5.75 Å². The summed E-state index contributed by atoms with van der Waals surface area (Å²) in [6.07, 6.45) is 5.22. The predicted octanol–water partition coefficient (Wildman–Crippen LogP) is 3.72. The Morgan fingerprint density at radius 3 is 2.54 bits per heavy atom. The molecular formula is C19H17BrN4O2. The van der Waals surface area contributed by atoms with Gasteiger partial charge in [0.25, 0.3) is 5.91 Å². The number of ether oxygens (including phenoxy) is 1. The van der Waals surface area contributed by atoms with Crippen molar-refractivity contribution in [1.29, 1.82) is 0 Å². The second kappa shape index (κ2) is 7.04. The molecule has 0 N–H and O–H groups in total. The number of hydrogen-bond acceptors (Lipinski definition) is 4. The average molecular weight is 413 g/mol. The Morgan fingerprint density at radius 2 is 1.92 bits per heavy atom. The van der Waals surface area contributed by atoms with Gasteiger partial charge in [0.05, 0.1) is 12.7 Å². The molecular weight excluding hydrogens is 396 g/mol. The Hall–Kier alpha value is -2.46. The molecule has 0 radical (unpaired) electrons. The van der Waals surface area contributed by atoms with Gasteiger partial charge in [-0.3, -0.25) is 4.79 Å². The number of carbonyl (C=O) groups excluding carboxylic acids is 1. The summed E-state index contributed by atoms with van der Waals surface area (Å²) in [7, 11) is 0. The van der Waals surface area contributed by atoms with Gasteiger partial charge in [-0.25, -0.2) is 14.8 Å². The highest BCUT2D eigenvalue weighted by molar-refractivity contribution is 9.10. The zero-order valence-corrected chi connectivity index (χ0v) is 15.6. The van der Waals surface area contributed by atoms with Crippen LogP contribution in [-0.2, 0) is 0 Å². The van der Waals surface area contributed by atoms with Crippen LogP contribution < -0.4 is 4.74 Å². The van der Waals surface area contributed by atoms with Gasteiger partial charge in [0.1, 0.15) is 5.75 Å². The number of nitrogens with zero attached hydrogens (tertiary/aromatic N) is 4. The summed E-state index contributed by atoms with van der Waals surface area (Å²) in [5.74, 6) is 1.87. The Balaban J connectivity index is 1.36. The third kappa shape index (κ3) is 3.29. The van der Waals surface area contributed by atoms with Gasteiger partial charge in [-0.05, 0) is 42.9 Å². The van der Waals surface area contributed by atoms with Crippen LogP contribution in [0.25, 0.3) is 4.85 Å². The zero-order chi connectivity index (χ0) is 18.1. The van der Waals surface area contributed by atoms with Crippen molar-refractivity contribution in [3.05, 3.63) is 58.4 Å². The highest BCUT2D eigenvalue weighted by Gasteiger charge is 2.43. The first-order valence-corrected chi connectivity index (χ1v) is 9.33. The molecule has 2 heterocycles. The summed E-state index contributed by atoms with van der Waals surface area (Å²) in [6.45, 7) is 8.57. The van der Waals surface area contributed by atoms with Crippen molar-refractivity contribution >= 4 is 27.5 Å². The van der Waals surface area contributed by atoms with Crippen LogP contribution in [0.2, 0.25) is 0 Å². The third-order valence-corrected chi connectivity index (χ3v) is 5.73. The molecule has 0 bridgehead atoms. The normalized spacial score (nSPS) is 24.2. The standard InChI is InChI=1S/C19H17BrN4O2/c1-21-17-4-3-14(9-16(17)20)26-15-7-12-10-24(11-13(12)8-15)19(25)18-22-5-2-6-23-18/h2-6,9,12-13,15H,7-8,10-11H2. The predicted molar refractivity (Wildman–Crippen MR) is 99.0 cm³/mol. The number of rotatable bonds is 3. The van der Waals surface area contributed by atoms with E-state index in [0.29, 0.717) is 17.5 Å². The topological polar surface area (TPSA) is 59.7 Å². The Kier molecular flexibility index (Phi) is 4.60. The summed E-state index contributed by atoms with van der Waals surface area (Å²) in [4.78, 5) is 25.9. The first kappa shape index (κ1) is 17.0. The zero-order valence-electron chi connectivity index (χ0n) is 14.0. The number of hydrogen-bond donors (Lipinski definition) is 0. The Labute approximate surface area is 160 Å². The van der Waals surface area contributed by atoms with Crippen molar-refractivity contribution in [1.82, 2.24) is 14.9 Å². The van der Waals surface area contributed by atoms with Gasteiger partial charge < -0.3 is 9.64 Å². The van der Waals surface area contributed by atoms with E-state index in [4.69, 9.17) is 11.3 Å². The fourth-order valence-electron chi connectivity index (χ4n) is 3.90. The second-order valence-corrected chi connectivity index (χ2v) is 7.59. The van der Waals surface area contributed by atoms with Gasteiger partial charge >= 0.3 is 0 Å². The number of fused-ring (bicyclic) bond motifs is 1. The van der Waals surface area contributed by atoms with Gasteiger partial charge in [-0.1, -0.05) is 22.0 Å². The van der Waals surface area contributed by atoms with Gasteiger partial charge in [-0.15, -0.1) is 0 Å². The van der Waals surface area contributed by atoms with E-state index in [9.17, 15) is 4.79 Å². The van der Waals surface area contributed by atoms with Crippen molar-refractivity contribution in [2.45, 2.75) is 18.9 Å². The summed E-state index contributed by atoms with van der Waals surface area (Å²) in [6, 6.07) is 7.17. The lowest BCUT2D eigenvalue weighted by molar-refractivity contribution is 0.0757. The minimum atomic E-state index is -0.0869. The first-order valence-electron chi connectivity index (χ1n) is 8.54. The SMILES string of the molecule is [C-]#[N+]c1ccc(OC2CC3CN(C(=O)c4ncccn4)CC3C2)cc1Br. The molecule has 1 aliphatic carbocycles. The number of carbonyl (C=O) groups is 1. The van der Waals surface area contributed by atoms with Crippen molar-refractivity contribution in [2.24, 2.45) is 11.8 Å². The lowest BCUT2D eigenvalue weighted by atomic mass is 10.0. The van der Waals surface area contributed by atoms with Crippen LogP contribution in [0.5, 0.6) is 5.75 Å². The molecule has 2 unspecified atom stereocenters. The Morgan fingerprint density at radius 1 is 1.23 bits per heavy atom. The van der Waals surface area contributed by atoms with Crippen molar-refractivity contribution < 1.29 is 9.53 Å². The number of aromatic nitrogens is 2. The molecule has 1 aliphatic heterocycles. The average Bonchev–Trinajstić information content (AvgIpc) is 3.20. The third-order valence-electron chi connectivity index (χ3n) is 5.09. The molecule has 7 heteroatoms. The molecule has 1 amide bonds. The molecule has 2 fully saturated rings.